The highest BCUT2D eigenvalue weighted by Crippen LogP contribution is 2.34. The quantitative estimate of drug-likeness (QED) is 0.727. The highest BCUT2D eigenvalue weighted by atomic mass is 16.4. The number of hydrogen-bond acceptors (Lipinski definition) is 3. The summed E-state index contributed by atoms with van der Waals surface area (Å²) in [6.07, 6.45) is 5.87. The molecule has 1 saturated carbocycles. The molecule has 1 fully saturated rings. The van der Waals surface area contributed by atoms with Crippen LogP contribution in [-0.4, -0.2) is 32.4 Å². The summed E-state index contributed by atoms with van der Waals surface area (Å²) in [5.74, 6) is -0.882. The Labute approximate surface area is 111 Å². The summed E-state index contributed by atoms with van der Waals surface area (Å²) in [6, 6.07) is -0.329. The minimum atomic E-state index is -0.882. The number of aryl methyl sites for hydroxylation is 1. The fourth-order valence-electron chi connectivity index (χ4n) is 2.27. The zero-order valence-electron chi connectivity index (χ0n) is 10.8. The van der Waals surface area contributed by atoms with Gasteiger partial charge in [0.1, 0.15) is 0 Å². The van der Waals surface area contributed by atoms with Gasteiger partial charge in [0.25, 0.3) is 0 Å². The van der Waals surface area contributed by atoms with Crippen LogP contribution in [0.2, 0.25) is 0 Å². The predicted molar refractivity (Wildman–Crippen MR) is 67.4 cm³/mol. The van der Waals surface area contributed by atoms with Gasteiger partial charge in [-0.25, -0.2) is 4.79 Å². The van der Waals surface area contributed by atoms with E-state index < -0.39 is 11.5 Å². The van der Waals surface area contributed by atoms with E-state index in [2.05, 4.69) is 15.7 Å². The zero-order chi connectivity index (χ0) is 13.9. The smallest absolute Gasteiger partial charge is 0.315 e. The third-order valence-corrected chi connectivity index (χ3v) is 3.39. The summed E-state index contributed by atoms with van der Waals surface area (Å²) in [4.78, 5) is 22.6. The van der Waals surface area contributed by atoms with E-state index in [0.717, 1.165) is 24.8 Å². The molecule has 0 atom stereocenters. The molecule has 7 nitrogen and oxygen atoms in total. The van der Waals surface area contributed by atoms with Crippen molar-refractivity contribution in [3.05, 3.63) is 18.0 Å². The Hall–Kier alpha value is -2.05. The maximum Gasteiger partial charge on any atom is 0.315 e. The Kier molecular flexibility index (Phi) is 3.73. The van der Waals surface area contributed by atoms with Crippen molar-refractivity contribution in [3.8, 4) is 0 Å². The Balaban J connectivity index is 1.81. The van der Waals surface area contributed by atoms with E-state index in [9.17, 15) is 9.59 Å². The van der Waals surface area contributed by atoms with Crippen molar-refractivity contribution in [1.82, 2.24) is 20.4 Å². The third kappa shape index (κ3) is 3.46. The van der Waals surface area contributed by atoms with E-state index >= 15 is 0 Å². The molecular formula is C12H18N4O3. The number of carbonyl (C=O) groups excluding carboxylic acids is 1. The normalized spacial score (nSPS) is 16.5. The Bertz CT molecular complexity index is 479. The molecule has 19 heavy (non-hydrogen) atoms. The standard InChI is InChI=1S/C12H18N4O3/c1-16-8-9(7-14-16)6-13-11(19)15-12(3-2-4-12)5-10(17)18/h7-8H,2-6H2,1H3,(H,17,18)(H2,13,15,19). The van der Waals surface area contributed by atoms with Gasteiger partial charge < -0.3 is 15.7 Å². The van der Waals surface area contributed by atoms with E-state index in [1.807, 2.05) is 6.20 Å². The van der Waals surface area contributed by atoms with Crippen LogP contribution in [0.3, 0.4) is 0 Å². The number of carboxylic acids is 1. The molecule has 0 aromatic carbocycles. The summed E-state index contributed by atoms with van der Waals surface area (Å²) in [6.45, 7) is 0.378. The number of hydrogen-bond donors (Lipinski definition) is 3. The molecule has 1 heterocycles. The monoisotopic (exact) mass is 266 g/mol. The van der Waals surface area contributed by atoms with Gasteiger partial charge in [0.05, 0.1) is 18.2 Å². The first-order chi connectivity index (χ1) is 8.99. The van der Waals surface area contributed by atoms with Crippen LogP contribution in [0.5, 0.6) is 0 Å². The fourth-order valence-corrected chi connectivity index (χ4v) is 2.27. The van der Waals surface area contributed by atoms with Crippen molar-refractivity contribution in [2.45, 2.75) is 37.8 Å². The topological polar surface area (TPSA) is 96.2 Å². The minimum Gasteiger partial charge on any atom is -0.481 e. The molecule has 3 N–H and O–H groups in total. The SMILES string of the molecule is Cn1cc(CNC(=O)NC2(CC(=O)O)CCC2)cn1. The van der Waals surface area contributed by atoms with Crippen LogP contribution < -0.4 is 10.6 Å². The first-order valence-electron chi connectivity index (χ1n) is 6.24. The second-order valence-electron chi connectivity index (χ2n) is 5.03. The van der Waals surface area contributed by atoms with Gasteiger partial charge in [-0.15, -0.1) is 0 Å². The highest BCUT2D eigenvalue weighted by molar-refractivity contribution is 5.77. The van der Waals surface area contributed by atoms with E-state index in [1.54, 1.807) is 17.9 Å². The Morgan fingerprint density at radius 3 is 2.74 bits per heavy atom. The van der Waals surface area contributed by atoms with E-state index in [4.69, 9.17) is 5.11 Å². The molecule has 0 spiro atoms. The molecule has 104 valence electrons. The molecule has 0 bridgehead atoms. The average molecular weight is 266 g/mol. The summed E-state index contributed by atoms with van der Waals surface area (Å²) < 4.78 is 1.66. The fraction of sp³-hybridized carbons (Fsp3) is 0.583. The van der Waals surface area contributed by atoms with Gasteiger partial charge in [-0.05, 0) is 19.3 Å². The number of rotatable bonds is 5. The second-order valence-corrected chi connectivity index (χ2v) is 5.03. The van der Waals surface area contributed by atoms with Crippen molar-refractivity contribution < 1.29 is 14.7 Å². The molecule has 0 unspecified atom stereocenters. The van der Waals surface area contributed by atoms with Gasteiger partial charge in [-0.3, -0.25) is 9.48 Å². The molecule has 1 aliphatic carbocycles. The molecule has 2 rings (SSSR count). The molecular weight excluding hydrogens is 248 g/mol. The van der Waals surface area contributed by atoms with E-state index in [1.165, 1.54) is 0 Å². The number of urea groups is 1. The lowest BCUT2D eigenvalue weighted by Crippen LogP contribution is -2.57. The molecule has 7 heteroatoms. The first kappa shape index (κ1) is 13.4. The van der Waals surface area contributed by atoms with Crippen LogP contribution in [0.1, 0.15) is 31.2 Å². The third-order valence-electron chi connectivity index (χ3n) is 3.39. The predicted octanol–water partition coefficient (Wildman–Crippen LogP) is 0.617. The van der Waals surface area contributed by atoms with Crippen LogP contribution in [0.25, 0.3) is 0 Å². The average Bonchev–Trinajstić information content (AvgIpc) is 2.69. The lowest BCUT2D eigenvalue weighted by Gasteiger charge is -2.41. The number of nitrogens with zero attached hydrogens (tertiary/aromatic N) is 2. The number of carboxylic acid groups (broad SMARTS) is 1. The molecule has 0 radical (unpaired) electrons. The molecule has 1 aromatic heterocycles. The largest absolute Gasteiger partial charge is 0.481 e. The van der Waals surface area contributed by atoms with Crippen LogP contribution in [0.4, 0.5) is 4.79 Å². The number of aliphatic carboxylic acids is 1. The molecule has 1 aromatic rings. The van der Waals surface area contributed by atoms with Crippen molar-refractivity contribution in [1.29, 1.82) is 0 Å². The van der Waals surface area contributed by atoms with Gasteiger partial charge in [0, 0.05) is 25.4 Å². The lowest BCUT2D eigenvalue weighted by atomic mass is 9.74. The Morgan fingerprint density at radius 1 is 1.53 bits per heavy atom. The van der Waals surface area contributed by atoms with Crippen LogP contribution in [-0.2, 0) is 18.4 Å². The number of nitrogens with one attached hydrogen (secondary N) is 2. The van der Waals surface area contributed by atoms with Gasteiger partial charge >= 0.3 is 12.0 Å². The number of aromatic nitrogens is 2. The lowest BCUT2D eigenvalue weighted by molar-refractivity contribution is -0.139. The van der Waals surface area contributed by atoms with Crippen molar-refractivity contribution in [3.63, 3.8) is 0 Å². The summed E-state index contributed by atoms with van der Waals surface area (Å²) in [5, 5.41) is 18.4. The van der Waals surface area contributed by atoms with Gasteiger partial charge in [-0.2, -0.15) is 5.10 Å². The first-order valence-corrected chi connectivity index (χ1v) is 6.24. The van der Waals surface area contributed by atoms with E-state index in [0.29, 0.717) is 6.54 Å². The molecule has 0 saturated heterocycles. The van der Waals surface area contributed by atoms with E-state index in [-0.39, 0.29) is 12.5 Å². The van der Waals surface area contributed by atoms with Gasteiger partial charge in [-0.1, -0.05) is 0 Å². The van der Waals surface area contributed by atoms with Crippen LogP contribution >= 0.6 is 0 Å². The molecule has 2 amide bonds. The number of amides is 2. The molecule has 0 aliphatic heterocycles. The summed E-state index contributed by atoms with van der Waals surface area (Å²) >= 11 is 0. The van der Waals surface area contributed by atoms with Gasteiger partial charge in [0.2, 0.25) is 0 Å². The van der Waals surface area contributed by atoms with Gasteiger partial charge in [0.15, 0.2) is 0 Å². The molecule has 1 aliphatic rings. The van der Waals surface area contributed by atoms with Crippen molar-refractivity contribution in [2.24, 2.45) is 7.05 Å². The second kappa shape index (κ2) is 5.29. The Morgan fingerprint density at radius 2 is 2.26 bits per heavy atom. The summed E-state index contributed by atoms with van der Waals surface area (Å²) in [5.41, 5.74) is 0.337. The minimum absolute atomic E-state index is 0.0205. The number of carbonyl (C=O) groups is 2. The maximum atomic E-state index is 11.8. The van der Waals surface area contributed by atoms with Crippen LogP contribution in [0.15, 0.2) is 12.4 Å². The maximum absolute atomic E-state index is 11.8. The van der Waals surface area contributed by atoms with Crippen molar-refractivity contribution >= 4 is 12.0 Å². The van der Waals surface area contributed by atoms with Crippen LogP contribution in [0, 0.1) is 0 Å². The zero-order valence-corrected chi connectivity index (χ0v) is 10.8. The highest BCUT2D eigenvalue weighted by Gasteiger charge is 2.40. The summed E-state index contributed by atoms with van der Waals surface area (Å²) in [7, 11) is 1.81. The van der Waals surface area contributed by atoms with Crippen molar-refractivity contribution in [2.75, 3.05) is 0 Å².